The van der Waals surface area contributed by atoms with Gasteiger partial charge in [-0.1, -0.05) is 0 Å². The standard InChI is InChI=1S/C16H19N3O4S/c1-19(2)24(21,22)13-7-4-11(5-8-13)16(20)18-12-6-9-15(23-3)14(17)10-12/h4-10H,17H2,1-3H3,(H,18,20). The molecule has 0 unspecified atom stereocenters. The first-order valence-electron chi connectivity index (χ1n) is 7.03. The van der Waals surface area contributed by atoms with Crippen molar-refractivity contribution in [3.8, 4) is 5.75 Å². The third-order valence-electron chi connectivity index (χ3n) is 3.38. The summed E-state index contributed by atoms with van der Waals surface area (Å²) in [6.45, 7) is 0. The molecule has 2 aromatic rings. The van der Waals surface area contributed by atoms with Gasteiger partial charge < -0.3 is 15.8 Å². The van der Waals surface area contributed by atoms with Gasteiger partial charge in [-0.3, -0.25) is 4.79 Å². The van der Waals surface area contributed by atoms with Crippen LogP contribution in [0.25, 0.3) is 0 Å². The lowest BCUT2D eigenvalue weighted by Gasteiger charge is -2.12. The van der Waals surface area contributed by atoms with Crippen LogP contribution in [0.1, 0.15) is 10.4 Å². The van der Waals surface area contributed by atoms with Crippen molar-refractivity contribution in [1.29, 1.82) is 0 Å². The number of methoxy groups -OCH3 is 1. The van der Waals surface area contributed by atoms with Crippen LogP contribution in [0.2, 0.25) is 0 Å². The van der Waals surface area contributed by atoms with Crippen LogP contribution in [-0.4, -0.2) is 39.8 Å². The maximum Gasteiger partial charge on any atom is 0.255 e. The molecule has 0 aromatic heterocycles. The molecule has 7 nitrogen and oxygen atoms in total. The molecule has 0 bridgehead atoms. The fraction of sp³-hybridized carbons (Fsp3) is 0.188. The Kier molecular flexibility index (Phi) is 5.10. The van der Waals surface area contributed by atoms with Gasteiger partial charge >= 0.3 is 0 Å². The highest BCUT2D eigenvalue weighted by molar-refractivity contribution is 7.89. The molecule has 24 heavy (non-hydrogen) atoms. The minimum absolute atomic E-state index is 0.123. The second-order valence-electron chi connectivity index (χ2n) is 5.22. The van der Waals surface area contributed by atoms with Crippen molar-refractivity contribution in [2.24, 2.45) is 0 Å². The maximum atomic E-state index is 12.2. The van der Waals surface area contributed by atoms with Gasteiger partial charge in [0, 0.05) is 25.3 Å². The molecule has 1 amide bonds. The van der Waals surface area contributed by atoms with Gasteiger partial charge in [0.1, 0.15) is 5.75 Å². The van der Waals surface area contributed by atoms with Crippen molar-refractivity contribution in [2.75, 3.05) is 32.3 Å². The number of rotatable bonds is 5. The number of amides is 1. The number of benzene rings is 2. The molecule has 0 aliphatic carbocycles. The maximum absolute atomic E-state index is 12.2. The number of hydrogen-bond acceptors (Lipinski definition) is 5. The number of ether oxygens (including phenoxy) is 1. The molecule has 0 aliphatic heterocycles. The van der Waals surface area contributed by atoms with E-state index in [0.717, 1.165) is 4.31 Å². The lowest BCUT2D eigenvalue weighted by atomic mass is 10.2. The Bertz CT molecular complexity index is 846. The molecule has 2 rings (SSSR count). The predicted octanol–water partition coefficient (Wildman–Crippen LogP) is 1.78. The largest absolute Gasteiger partial charge is 0.495 e. The van der Waals surface area contributed by atoms with Crippen molar-refractivity contribution in [2.45, 2.75) is 4.90 Å². The van der Waals surface area contributed by atoms with Crippen LogP contribution in [0.15, 0.2) is 47.4 Å². The number of nitrogens with one attached hydrogen (secondary N) is 1. The van der Waals surface area contributed by atoms with E-state index in [-0.39, 0.29) is 10.8 Å². The molecule has 0 saturated carbocycles. The van der Waals surface area contributed by atoms with Gasteiger partial charge in [-0.2, -0.15) is 0 Å². The normalized spacial score (nSPS) is 11.3. The summed E-state index contributed by atoms with van der Waals surface area (Å²) in [6.07, 6.45) is 0. The van der Waals surface area contributed by atoms with E-state index in [1.807, 2.05) is 0 Å². The monoisotopic (exact) mass is 349 g/mol. The molecular formula is C16H19N3O4S. The van der Waals surface area contributed by atoms with Gasteiger partial charge in [-0.05, 0) is 42.5 Å². The van der Waals surface area contributed by atoms with Crippen LogP contribution in [0.3, 0.4) is 0 Å². The van der Waals surface area contributed by atoms with Gasteiger partial charge in [-0.15, -0.1) is 0 Å². The third kappa shape index (κ3) is 3.66. The Balaban J connectivity index is 2.18. The highest BCUT2D eigenvalue weighted by Crippen LogP contribution is 2.25. The summed E-state index contributed by atoms with van der Waals surface area (Å²) in [6, 6.07) is 10.6. The first-order valence-corrected chi connectivity index (χ1v) is 8.47. The summed E-state index contributed by atoms with van der Waals surface area (Å²) in [5, 5.41) is 2.70. The Hall–Kier alpha value is -2.58. The molecule has 0 radical (unpaired) electrons. The summed E-state index contributed by atoms with van der Waals surface area (Å²) >= 11 is 0. The molecule has 0 aliphatic rings. The molecular weight excluding hydrogens is 330 g/mol. The van der Waals surface area contributed by atoms with Crippen molar-refractivity contribution in [1.82, 2.24) is 4.31 Å². The van der Waals surface area contributed by atoms with E-state index < -0.39 is 10.0 Å². The molecule has 0 atom stereocenters. The van der Waals surface area contributed by atoms with Crippen molar-refractivity contribution in [3.63, 3.8) is 0 Å². The van der Waals surface area contributed by atoms with Gasteiger partial charge in [0.25, 0.3) is 5.91 Å². The van der Waals surface area contributed by atoms with E-state index in [0.29, 0.717) is 22.7 Å². The summed E-state index contributed by atoms with van der Waals surface area (Å²) < 4.78 is 30.2. The van der Waals surface area contributed by atoms with Crippen LogP contribution in [-0.2, 0) is 10.0 Å². The zero-order valence-corrected chi connectivity index (χ0v) is 14.4. The summed E-state index contributed by atoms with van der Waals surface area (Å²) in [5.41, 5.74) is 7.05. The van der Waals surface area contributed by atoms with Crippen LogP contribution in [0.5, 0.6) is 5.75 Å². The van der Waals surface area contributed by atoms with Crippen LogP contribution in [0.4, 0.5) is 11.4 Å². The zero-order chi connectivity index (χ0) is 17.9. The van der Waals surface area contributed by atoms with Crippen molar-refractivity contribution >= 4 is 27.3 Å². The Morgan fingerprint density at radius 1 is 1.12 bits per heavy atom. The topological polar surface area (TPSA) is 102 Å². The van der Waals surface area contributed by atoms with E-state index in [4.69, 9.17) is 10.5 Å². The molecule has 3 N–H and O–H groups in total. The molecule has 0 fully saturated rings. The average Bonchev–Trinajstić information content (AvgIpc) is 2.55. The van der Waals surface area contributed by atoms with Crippen LogP contribution < -0.4 is 15.8 Å². The Morgan fingerprint density at radius 3 is 2.25 bits per heavy atom. The molecule has 0 saturated heterocycles. The van der Waals surface area contributed by atoms with Gasteiger partial charge in [0.05, 0.1) is 17.7 Å². The number of sulfonamides is 1. The van der Waals surface area contributed by atoms with E-state index in [2.05, 4.69) is 5.32 Å². The number of nitrogens with two attached hydrogens (primary N) is 1. The first-order chi connectivity index (χ1) is 11.3. The highest BCUT2D eigenvalue weighted by Gasteiger charge is 2.17. The molecule has 0 spiro atoms. The molecule has 2 aromatic carbocycles. The van der Waals surface area contributed by atoms with Gasteiger partial charge in [0.15, 0.2) is 0 Å². The van der Waals surface area contributed by atoms with E-state index in [9.17, 15) is 13.2 Å². The summed E-state index contributed by atoms with van der Waals surface area (Å²) in [7, 11) is 0.884. The van der Waals surface area contributed by atoms with E-state index in [1.165, 1.54) is 45.5 Å². The minimum atomic E-state index is -3.52. The highest BCUT2D eigenvalue weighted by atomic mass is 32.2. The predicted molar refractivity (Wildman–Crippen MR) is 92.7 cm³/mol. The number of nitrogen functional groups attached to an aromatic ring is 1. The minimum Gasteiger partial charge on any atom is -0.495 e. The third-order valence-corrected chi connectivity index (χ3v) is 5.21. The summed E-state index contributed by atoms with van der Waals surface area (Å²) in [5.74, 6) is 0.152. The van der Waals surface area contributed by atoms with Gasteiger partial charge in [-0.25, -0.2) is 12.7 Å². The molecule has 0 heterocycles. The second-order valence-corrected chi connectivity index (χ2v) is 7.37. The quantitative estimate of drug-likeness (QED) is 0.801. The number of hydrogen-bond donors (Lipinski definition) is 2. The van der Waals surface area contributed by atoms with Crippen LogP contribution >= 0.6 is 0 Å². The Morgan fingerprint density at radius 2 is 1.75 bits per heavy atom. The molecule has 8 heteroatoms. The second kappa shape index (κ2) is 6.90. The van der Waals surface area contributed by atoms with Crippen molar-refractivity contribution < 1.29 is 17.9 Å². The zero-order valence-electron chi connectivity index (χ0n) is 13.6. The average molecular weight is 349 g/mol. The number of nitrogens with zero attached hydrogens (tertiary/aromatic N) is 1. The van der Waals surface area contributed by atoms with Crippen molar-refractivity contribution in [3.05, 3.63) is 48.0 Å². The fourth-order valence-corrected chi connectivity index (χ4v) is 2.91. The van der Waals surface area contributed by atoms with E-state index >= 15 is 0 Å². The number of carbonyl (C=O) groups is 1. The van der Waals surface area contributed by atoms with Crippen LogP contribution in [0, 0.1) is 0 Å². The summed E-state index contributed by atoms with van der Waals surface area (Å²) in [4.78, 5) is 12.4. The number of carbonyl (C=O) groups excluding carboxylic acids is 1. The lowest BCUT2D eigenvalue weighted by Crippen LogP contribution is -2.22. The first kappa shape index (κ1) is 17.8. The molecule has 128 valence electrons. The van der Waals surface area contributed by atoms with Gasteiger partial charge in [0.2, 0.25) is 10.0 Å². The SMILES string of the molecule is COc1ccc(NC(=O)c2ccc(S(=O)(=O)N(C)C)cc2)cc1N. The number of anilines is 2. The Labute approximate surface area is 141 Å². The van der Waals surface area contributed by atoms with E-state index in [1.54, 1.807) is 18.2 Å². The smallest absolute Gasteiger partial charge is 0.255 e. The fourth-order valence-electron chi connectivity index (χ4n) is 2.00. The lowest BCUT2D eigenvalue weighted by molar-refractivity contribution is 0.102.